The fourth-order valence-corrected chi connectivity index (χ4v) is 8.84. The van der Waals surface area contributed by atoms with Gasteiger partial charge in [0.15, 0.2) is 31.4 Å². The van der Waals surface area contributed by atoms with Gasteiger partial charge in [0.2, 0.25) is 0 Å². The van der Waals surface area contributed by atoms with Gasteiger partial charge in [-0.25, -0.2) is 26.2 Å². The molecule has 0 bridgehead atoms. The third-order valence-electron chi connectivity index (χ3n) is 9.56. The summed E-state index contributed by atoms with van der Waals surface area (Å²) in [6, 6.07) is 20.4. The molecule has 2 aromatic carbocycles. The van der Waals surface area contributed by atoms with E-state index >= 15 is 0 Å². The largest absolute Gasteiger partial charge is 0.413 e. The molecule has 6 aromatic rings. The Kier molecular flexibility index (Phi) is 10.3. The van der Waals surface area contributed by atoms with Gasteiger partial charge in [0.05, 0.1) is 23.6 Å². The van der Waals surface area contributed by atoms with E-state index in [0.717, 1.165) is 27.5 Å². The van der Waals surface area contributed by atoms with E-state index in [0.29, 0.717) is 35.2 Å². The molecule has 0 N–H and O–H groups in total. The Morgan fingerprint density at radius 2 is 1.69 bits per heavy atom. The lowest BCUT2D eigenvalue weighted by molar-refractivity contribution is 0.0981. The van der Waals surface area contributed by atoms with Gasteiger partial charge in [0.25, 0.3) is 15.6 Å². The normalized spacial score (nSPS) is 12.4. The van der Waals surface area contributed by atoms with Gasteiger partial charge in [-0.3, -0.25) is 9.59 Å². The van der Waals surface area contributed by atoms with Crippen LogP contribution in [0.25, 0.3) is 21.5 Å². The number of Topliss-reactive ketones (excluding diaryl/α,β-unsaturated/α-hetero) is 1. The minimum Gasteiger partial charge on any atom is -0.413 e. The second-order valence-corrected chi connectivity index (χ2v) is 22.0. The van der Waals surface area contributed by atoms with Crippen LogP contribution in [0.4, 0.5) is 8.78 Å². The summed E-state index contributed by atoms with van der Waals surface area (Å²) in [6.07, 6.45) is 5.17. The zero-order valence-corrected chi connectivity index (χ0v) is 32.2. The number of nitrogens with zero attached hydrogens (tertiary/aromatic N) is 3. The molecule has 4 heterocycles. The Hall–Kier alpha value is -4.56. The first-order valence-electron chi connectivity index (χ1n) is 16.8. The van der Waals surface area contributed by atoms with Crippen LogP contribution in [0.1, 0.15) is 53.6 Å². The molecular weight excluding hydrogens is 721 g/mol. The SMILES string of the molecule is CC(C)(C)[Si](C)(C)OCc1cnc2c(c1)c(-c1ccc(CCC(=O)c3cccn(Cc4ccc(F)c(F)c4)c3=O)s1)cn2S(=O)(=O)c1ccccc1. The van der Waals surface area contributed by atoms with E-state index in [9.17, 15) is 26.8 Å². The summed E-state index contributed by atoms with van der Waals surface area (Å²) in [5, 5.41) is 0.672. The van der Waals surface area contributed by atoms with Gasteiger partial charge in [-0.15, -0.1) is 11.3 Å². The third kappa shape index (κ3) is 7.63. The molecule has 0 aliphatic carbocycles. The van der Waals surface area contributed by atoms with Crippen LogP contribution in [0.5, 0.6) is 0 Å². The molecular formula is C39H39F2N3O5S2Si. The molecule has 270 valence electrons. The molecule has 0 spiro atoms. The lowest BCUT2D eigenvalue weighted by atomic mass is 10.1. The molecule has 4 aromatic heterocycles. The van der Waals surface area contributed by atoms with Crippen molar-refractivity contribution in [2.24, 2.45) is 0 Å². The summed E-state index contributed by atoms with van der Waals surface area (Å²) in [4.78, 5) is 32.9. The summed E-state index contributed by atoms with van der Waals surface area (Å²) < 4.78 is 63.8. The van der Waals surface area contributed by atoms with E-state index in [-0.39, 0.29) is 34.2 Å². The van der Waals surface area contributed by atoms with Crippen LogP contribution in [0.3, 0.4) is 0 Å². The van der Waals surface area contributed by atoms with Crippen LogP contribution in [-0.4, -0.2) is 36.0 Å². The fraction of sp³-hybridized carbons (Fsp3) is 0.256. The number of ketones is 1. The highest BCUT2D eigenvalue weighted by atomic mass is 32.2. The topological polar surface area (TPSA) is 100 Å². The number of benzene rings is 2. The van der Waals surface area contributed by atoms with Crippen LogP contribution in [0.2, 0.25) is 18.1 Å². The van der Waals surface area contributed by atoms with Gasteiger partial charge in [-0.05, 0) is 90.3 Å². The van der Waals surface area contributed by atoms with Gasteiger partial charge < -0.3 is 8.99 Å². The van der Waals surface area contributed by atoms with Crippen LogP contribution in [0, 0.1) is 11.6 Å². The quantitative estimate of drug-likeness (QED) is 0.0914. The number of aromatic nitrogens is 3. The van der Waals surface area contributed by atoms with Crippen LogP contribution >= 0.6 is 11.3 Å². The van der Waals surface area contributed by atoms with Gasteiger partial charge in [-0.1, -0.05) is 45.0 Å². The lowest BCUT2D eigenvalue weighted by Gasteiger charge is -2.36. The molecule has 0 amide bonds. The number of fused-ring (bicyclic) bond motifs is 1. The fourth-order valence-electron chi connectivity index (χ4n) is 5.50. The van der Waals surface area contributed by atoms with Gasteiger partial charge >= 0.3 is 0 Å². The minimum atomic E-state index is -3.97. The number of hydrogen-bond acceptors (Lipinski definition) is 7. The molecule has 0 aliphatic heterocycles. The van der Waals surface area contributed by atoms with Crippen LogP contribution in [-0.2, 0) is 34.0 Å². The minimum absolute atomic E-state index is 0.00887. The summed E-state index contributed by atoms with van der Waals surface area (Å²) in [7, 11) is -6.05. The highest BCUT2D eigenvalue weighted by Gasteiger charge is 2.37. The molecule has 6 rings (SSSR count). The van der Waals surface area contributed by atoms with Crippen LogP contribution < -0.4 is 5.56 Å². The number of thiophene rings is 1. The third-order valence-corrected chi connectivity index (χ3v) is 16.9. The second kappa shape index (κ2) is 14.5. The molecule has 8 nitrogen and oxygen atoms in total. The Morgan fingerprint density at radius 1 is 0.942 bits per heavy atom. The average molecular weight is 760 g/mol. The first-order valence-corrected chi connectivity index (χ1v) is 21.9. The number of pyridine rings is 2. The standard InChI is InChI=1S/C39H39F2N3O5S2Si/c1-39(2,3)52(4,5)49-25-27-20-31-32(24-44(37(31)42-22-27)51(47,48)29-10-7-6-8-11-29)36-18-15-28(50-36)14-17-35(45)30-12-9-19-43(38(30)46)23-26-13-16-33(40)34(41)21-26/h6-13,15-16,18-22,24H,14,17,23,25H2,1-5H3. The monoisotopic (exact) mass is 759 g/mol. The molecule has 0 atom stereocenters. The first kappa shape index (κ1) is 37.2. The van der Waals surface area contributed by atoms with Crippen molar-refractivity contribution in [2.75, 3.05) is 0 Å². The highest BCUT2D eigenvalue weighted by Crippen LogP contribution is 2.39. The van der Waals surface area contributed by atoms with E-state index in [1.807, 2.05) is 18.2 Å². The first-order chi connectivity index (χ1) is 24.5. The Morgan fingerprint density at radius 3 is 2.40 bits per heavy atom. The second-order valence-electron chi connectivity index (χ2n) is 14.2. The van der Waals surface area contributed by atoms with E-state index in [1.54, 1.807) is 48.8 Å². The number of rotatable bonds is 12. The maximum absolute atomic E-state index is 13.9. The van der Waals surface area contributed by atoms with E-state index in [4.69, 9.17) is 4.43 Å². The summed E-state index contributed by atoms with van der Waals surface area (Å²) >= 11 is 1.43. The predicted molar refractivity (Wildman–Crippen MR) is 203 cm³/mol. The number of carbonyl (C=O) groups is 1. The summed E-state index contributed by atoms with van der Waals surface area (Å²) in [5.41, 5.74) is 1.69. The zero-order chi connectivity index (χ0) is 37.4. The molecule has 13 heteroatoms. The predicted octanol–water partition coefficient (Wildman–Crippen LogP) is 8.83. The highest BCUT2D eigenvalue weighted by molar-refractivity contribution is 7.90. The van der Waals surface area contributed by atoms with Crippen molar-refractivity contribution in [3.05, 3.63) is 141 Å². The van der Waals surface area contributed by atoms with Crippen molar-refractivity contribution in [3.63, 3.8) is 0 Å². The average Bonchev–Trinajstić information content (AvgIpc) is 3.74. The maximum atomic E-state index is 13.9. The molecule has 0 saturated heterocycles. The Bertz CT molecular complexity index is 2450. The Labute approximate surface area is 306 Å². The van der Waals surface area contributed by atoms with Crippen molar-refractivity contribution in [3.8, 4) is 10.4 Å². The smallest absolute Gasteiger partial charge is 0.269 e. The molecule has 52 heavy (non-hydrogen) atoms. The number of aryl methyl sites for hydroxylation is 1. The summed E-state index contributed by atoms with van der Waals surface area (Å²) in [6.45, 7) is 11.2. The van der Waals surface area contributed by atoms with Crippen molar-refractivity contribution < 1.29 is 26.4 Å². The summed E-state index contributed by atoms with van der Waals surface area (Å²) in [5.74, 6) is -2.34. The number of hydrogen-bond donors (Lipinski definition) is 0. The number of carbonyl (C=O) groups excluding carboxylic acids is 1. The number of halogens is 2. The zero-order valence-electron chi connectivity index (χ0n) is 29.5. The van der Waals surface area contributed by atoms with Crippen LogP contribution in [0.15, 0.2) is 107 Å². The Balaban J connectivity index is 1.27. The van der Waals surface area contributed by atoms with Gasteiger partial charge in [0, 0.05) is 45.7 Å². The van der Waals surface area contributed by atoms with Crippen molar-refractivity contribution in [2.45, 2.75) is 69.8 Å². The van der Waals surface area contributed by atoms with Crippen molar-refractivity contribution >= 4 is 46.5 Å². The van der Waals surface area contributed by atoms with Gasteiger partial charge in [-0.2, -0.15) is 0 Å². The van der Waals surface area contributed by atoms with E-state index in [2.05, 4.69) is 38.8 Å². The van der Waals surface area contributed by atoms with Crippen molar-refractivity contribution in [1.29, 1.82) is 0 Å². The molecule has 0 aliphatic rings. The van der Waals surface area contributed by atoms with E-state index in [1.165, 1.54) is 38.2 Å². The van der Waals surface area contributed by atoms with Gasteiger partial charge in [0.1, 0.15) is 0 Å². The van der Waals surface area contributed by atoms with E-state index < -0.39 is 35.5 Å². The van der Waals surface area contributed by atoms with Crippen molar-refractivity contribution in [1.82, 2.24) is 13.5 Å². The maximum Gasteiger partial charge on any atom is 0.269 e. The molecule has 0 fully saturated rings. The molecule has 0 radical (unpaired) electrons. The molecule has 0 saturated carbocycles. The molecule has 0 unspecified atom stereocenters. The lowest BCUT2D eigenvalue weighted by Crippen LogP contribution is -2.40.